The van der Waals surface area contributed by atoms with E-state index in [2.05, 4.69) is 20.8 Å². The molecule has 0 aromatic heterocycles. The van der Waals surface area contributed by atoms with Gasteiger partial charge in [-0.15, -0.1) is 0 Å². The molecule has 0 aliphatic heterocycles. The maximum absolute atomic E-state index is 13.0. The molecular formula is C22H24ClF3O3. The quantitative estimate of drug-likeness (QED) is 0.357. The first-order valence-corrected chi connectivity index (χ1v) is 9.59. The normalized spacial score (nSPS) is 13.1. The first-order chi connectivity index (χ1) is 13.5. The standard InChI is InChI=1S/C22H24ClF3O3/c1-21(2,3)12-5-13-28-20(27)19(15-8-10-17(23)11-9-15)29-18-7-4-6-16(14-18)22(24,25)26/h4,6-11,14,19H,5,12-13H2,1-3H3/t19-/m1/s1. The van der Waals surface area contributed by atoms with Crippen molar-refractivity contribution in [3.05, 3.63) is 64.7 Å². The largest absolute Gasteiger partial charge is 0.474 e. The van der Waals surface area contributed by atoms with Crippen LogP contribution in [-0.2, 0) is 15.7 Å². The van der Waals surface area contributed by atoms with E-state index in [4.69, 9.17) is 21.1 Å². The number of halogens is 4. The maximum atomic E-state index is 13.0. The number of ether oxygens (including phenoxy) is 2. The summed E-state index contributed by atoms with van der Waals surface area (Å²) in [5.74, 6) is -0.745. The lowest BCUT2D eigenvalue weighted by Crippen LogP contribution is -2.22. The number of hydrogen-bond acceptors (Lipinski definition) is 3. The molecule has 2 aromatic carbocycles. The fourth-order valence-electron chi connectivity index (χ4n) is 2.62. The molecular weight excluding hydrogens is 405 g/mol. The molecule has 0 heterocycles. The van der Waals surface area contributed by atoms with Crippen LogP contribution in [0.5, 0.6) is 5.75 Å². The van der Waals surface area contributed by atoms with E-state index in [1.807, 2.05) is 0 Å². The summed E-state index contributed by atoms with van der Waals surface area (Å²) in [6, 6.07) is 10.7. The summed E-state index contributed by atoms with van der Waals surface area (Å²) < 4.78 is 49.9. The SMILES string of the molecule is CC(C)(C)CCCOC(=O)[C@H](Oc1cccc(C(F)(F)F)c1)c1ccc(Cl)cc1. The zero-order valence-electron chi connectivity index (χ0n) is 16.6. The second kappa shape index (κ2) is 9.53. The van der Waals surface area contributed by atoms with Crippen molar-refractivity contribution in [2.75, 3.05) is 6.61 Å². The van der Waals surface area contributed by atoms with E-state index in [1.165, 1.54) is 12.1 Å². The molecule has 0 saturated carbocycles. The van der Waals surface area contributed by atoms with Crippen molar-refractivity contribution >= 4 is 17.6 Å². The van der Waals surface area contributed by atoms with Crippen molar-refractivity contribution < 1.29 is 27.4 Å². The molecule has 0 saturated heterocycles. The van der Waals surface area contributed by atoms with Crippen LogP contribution in [0.3, 0.4) is 0 Å². The number of carbonyl (C=O) groups excluding carboxylic acids is 1. The molecule has 0 N–H and O–H groups in total. The first kappa shape index (κ1) is 23.1. The van der Waals surface area contributed by atoms with Crippen molar-refractivity contribution in [2.45, 2.75) is 45.9 Å². The second-order valence-corrected chi connectivity index (χ2v) is 8.34. The van der Waals surface area contributed by atoms with E-state index in [9.17, 15) is 18.0 Å². The monoisotopic (exact) mass is 428 g/mol. The lowest BCUT2D eigenvalue weighted by Gasteiger charge is -2.21. The fourth-order valence-corrected chi connectivity index (χ4v) is 2.75. The highest BCUT2D eigenvalue weighted by atomic mass is 35.5. The fraction of sp³-hybridized carbons (Fsp3) is 0.409. The lowest BCUT2D eigenvalue weighted by atomic mass is 9.91. The van der Waals surface area contributed by atoms with Crippen molar-refractivity contribution in [1.29, 1.82) is 0 Å². The van der Waals surface area contributed by atoms with Gasteiger partial charge in [0.05, 0.1) is 12.2 Å². The van der Waals surface area contributed by atoms with E-state index < -0.39 is 23.8 Å². The Morgan fingerprint density at radius 2 is 1.72 bits per heavy atom. The molecule has 0 amide bonds. The second-order valence-electron chi connectivity index (χ2n) is 7.91. The molecule has 29 heavy (non-hydrogen) atoms. The maximum Gasteiger partial charge on any atom is 0.416 e. The Bertz CT molecular complexity index is 811. The minimum atomic E-state index is -4.51. The minimum absolute atomic E-state index is 0.0774. The van der Waals surface area contributed by atoms with Crippen LogP contribution in [0.25, 0.3) is 0 Å². The van der Waals surface area contributed by atoms with Crippen LogP contribution in [0.15, 0.2) is 48.5 Å². The molecule has 7 heteroatoms. The molecule has 0 radical (unpaired) electrons. The van der Waals surface area contributed by atoms with Gasteiger partial charge in [0.2, 0.25) is 6.10 Å². The number of hydrogen-bond donors (Lipinski definition) is 0. The van der Waals surface area contributed by atoms with Gasteiger partial charge in [-0.3, -0.25) is 0 Å². The van der Waals surface area contributed by atoms with Crippen LogP contribution in [0.1, 0.15) is 50.8 Å². The highest BCUT2D eigenvalue weighted by Crippen LogP contribution is 2.33. The van der Waals surface area contributed by atoms with E-state index in [1.54, 1.807) is 24.3 Å². The average Bonchev–Trinajstić information content (AvgIpc) is 2.63. The van der Waals surface area contributed by atoms with Crippen molar-refractivity contribution in [1.82, 2.24) is 0 Å². The Kier molecular flexibility index (Phi) is 7.58. The van der Waals surface area contributed by atoms with Gasteiger partial charge in [0.25, 0.3) is 0 Å². The zero-order chi connectivity index (χ0) is 21.7. The highest BCUT2D eigenvalue weighted by Gasteiger charge is 2.31. The summed E-state index contributed by atoms with van der Waals surface area (Å²) in [4.78, 5) is 12.6. The van der Waals surface area contributed by atoms with Gasteiger partial charge < -0.3 is 9.47 Å². The van der Waals surface area contributed by atoms with Gasteiger partial charge in [0.1, 0.15) is 5.75 Å². The van der Waals surface area contributed by atoms with Crippen LogP contribution in [0.4, 0.5) is 13.2 Å². The lowest BCUT2D eigenvalue weighted by molar-refractivity contribution is -0.152. The number of alkyl halides is 3. The van der Waals surface area contributed by atoms with Gasteiger partial charge in [0, 0.05) is 10.6 Å². The average molecular weight is 429 g/mol. The Labute approximate surface area is 173 Å². The Morgan fingerprint density at radius 3 is 2.31 bits per heavy atom. The topological polar surface area (TPSA) is 35.5 Å². The molecule has 0 fully saturated rings. The summed E-state index contributed by atoms with van der Waals surface area (Å²) in [6.07, 6.45) is -4.18. The predicted octanol–water partition coefficient (Wildman–Crippen LogP) is 6.85. The molecule has 3 nitrogen and oxygen atoms in total. The molecule has 2 aromatic rings. The van der Waals surface area contributed by atoms with Crippen LogP contribution in [0, 0.1) is 5.41 Å². The predicted molar refractivity (Wildman–Crippen MR) is 106 cm³/mol. The van der Waals surface area contributed by atoms with Crippen LogP contribution in [-0.4, -0.2) is 12.6 Å². The van der Waals surface area contributed by atoms with Gasteiger partial charge >= 0.3 is 12.1 Å². The van der Waals surface area contributed by atoms with Gasteiger partial charge in [-0.05, 0) is 48.6 Å². The van der Waals surface area contributed by atoms with Crippen molar-refractivity contribution in [3.63, 3.8) is 0 Å². The molecule has 2 rings (SSSR count). The molecule has 0 aliphatic rings. The zero-order valence-corrected chi connectivity index (χ0v) is 17.3. The Hall–Kier alpha value is -2.21. The summed E-state index contributed by atoms with van der Waals surface area (Å²) in [7, 11) is 0. The Balaban J connectivity index is 2.17. The van der Waals surface area contributed by atoms with E-state index in [-0.39, 0.29) is 17.8 Å². The minimum Gasteiger partial charge on any atom is -0.474 e. The number of carbonyl (C=O) groups is 1. The number of esters is 1. The highest BCUT2D eigenvalue weighted by molar-refractivity contribution is 6.30. The van der Waals surface area contributed by atoms with E-state index >= 15 is 0 Å². The smallest absolute Gasteiger partial charge is 0.416 e. The molecule has 1 atom stereocenters. The van der Waals surface area contributed by atoms with Gasteiger partial charge in [-0.1, -0.05) is 50.6 Å². The summed E-state index contributed by atoms with van der Waals surface area (Å²) >= 11 is 5.89. The first-order valence-electron chi connectivity index (χ1n) is 9.22. The van der Waals surface area contributed by atoms with Gasteiger partial charge in [0.15, 0.2) is 0 Å². The third-order valence-electron chi connectivity index (χ3n) is 4.12. The molecule has 158 valence electrons. The van der Waals surface area contributed by atoms with Crippen LogP contribution >= 0.6 is 11.6 Å². The molecule has 0 bridgehead atoms. The van der Waals surface area contributed by atoms with Crippen molar-refractivity contribution in [3.8, 4) is 5.75 Å². The number of rotatable bonds is 7. The van der Waals surface area contributed by atoms with Gasteiger partial charge in [-0.25, -0.2) is 4.79 Å². The summed E-state index contributed by atoms with van der Waals surface area (Å²) in [5.41, 5.74) is -0.313. The van der Waals surface area contributed by atoms with Crippen molar-refractivity contribution in [2.24, 2.45) is 5.41 Å². The molecule has 0 spiro atoms. The van der Waals surface area contributed by atoms with Crippen LogP contribution in [0.2, 0.25) is 5.02 Å². The summed E-state index contributed by atoms with van der Waals surface area (Å²) in [5, 5.41) is 0.463. The van der Waals surface area contributed by atoms with Gasteiger partial charge in [-0.2, -0.15) is 13.2 Å². The molecule has 0 unspecified atom stereocenters. The van der Waals surface area contributed by atoms with Crippen LogP contribution < -0.4 is 4.74 Å². The number of benzene rings is 2. The third kappa shape index (κ3) is 7.61. The molecule has 0 aliphatic carbocycles. The summed E-state index contributed by atoms with van der Waals surface area (Å²) in [6.45, 7) is 6.46. The van der Waals surface area contributed by atoms with E-state index in [0.717, 1.165) is 18.6 Å². The van der Waals surface area contributed by atoms with E-state index in [0.29, 0.717) is 17.0 Å². The third-order valence-corrected chi connectivity index (χ3v) is 4.37. The Morgan fingerprint density at radius 1 is 1.07 bits per heavy atom.